The third-order valence-electron chi connectivity index (χ3n) is 4.85. The van der Waals surface area contributed by atoms with Crippen molar-refractivity contribution in [1.82, 2.24) is 5.32 Å². The second-order valence-corrected chi connectivity index (χ2v) is 5.99. The molecule has 0 aliphatic heterocycles. The Labute approximate surface area is 105 Å². The quantitative estimate of drug-likeness (QED) is 0.789. The molecule has 2 aliphatic carbocycles. The van der Waals surface area contributed by atoms with E-state index in [2.05, 4.69) is 12.2 Å². The van der Waals surface area contributed by atoms with Gasteiger partial charge in [0.2, 0.25) is 5.91 Å². The smallest absolute Gasteiger partial charge is 0.226 e. The lowest BCUT2D eigenvalue weighted by molar-refractivity contribution is -0.131. The van der Waals surface area contributed by atoms with Gasteiger partial charge in [0.05, 0.1) is 0 Å². The summed E-state index contributed by atoms with van der Waals surface area (Å²) in [6, 6.07) is 0.364. The zero-order valence-electron chi connectivity index (χ0n) is 11.0. The Morgan fingerprint density at radius 2 is 2.06 bits per heavy atom. The topological polar surface area (TPSA) is 55.1 Å². The van der Waals surface area contributed by atoms with Crippen LogP contribution in [0.25, 0.3) is 0 Å². The molecule has 0 aromatic heterocycles. The molecule has 98 valence electrons. The van der Waals surface area contributed by atoms with Crippen LogP contribution < -0.4 is 11.1 Å². The fourth-order valence-corrected chi connectivity index (χ4v) is 3.52. The number of nitrogens with two attached hydrogens (primary N) is 1. The van der Waals surface area contributed by atoms with Gasteiger partial charge in [-0.2, -0.15) is 0 Å². The van der Waals surface area contributed by atoms with Crippen molar-refractivity contribution in [3.8, 4) is 0 Å². The summed E-state index contributed by atoms with van der Waals surface area (Å²) in [6.07, 6.45) is 8.98. The lowest BCUT2D eigenvalue weighted by atomic mass is 9.82. The first-order valence-electron chi connectivity index (χ1n) is 7.20. The highest BCUT2D eigenvalue weighted by atomic mass is 16.2. The zero-order chi connectivity index (χ0) is 12.3. The first kappa shape index (κ1) is 12.9. The van der Waals surface area contributed by atoms with Crippen LogP contribution in [0.4, 0.5) is 0 Å². The monoisotopic (exact) mass is 238 g/mol. The molecule has 0 saturated heterocycles. The van der Waals surface area contributed by atoms with Crippen LogP contribution in [-0.2, 0) is 4.79 Å². The molecule has 2 unspecified atom stereocenters. The van der Waals surface area contributed by atoms with Crippen LogP contribution in [0.1, 0.15) is 58.3 Å². The first-order chi connectivity index (χ1) is 8.16. The van der Waals surface area contributed by atoms with Crippen LogP contribution in [0.15, 0.2) is 0 Å². The van der Waals surface area contributed by atoms with Crippen LogP contribution in [0, 0.1) is 11.3 Å². The Morgan fingerprint density at radius 1 is 1.35 bits per heavy atom. The van der Waals surface area contributed by atoms with E-state index >= 15 is 0 Å². The third-order valence-corrected chi connectivity index (χ3v) is 4.85. The van der Waals surface area contributed by atoms with Gasteiger partial charge in [0.15, 0.2) is 0 Å². The molecule has 3 nitrogen and oxygen atoms in total. The predicted octanol–water partition coefficient (Wildman–Crippen LogP) is 2.20. The molecule has 1 amide bonds. The number of carbonyl (C=O) groups excluding carboxylic acids is 1. The van der Waals surface area contributed by atoms with E-state index in [-0.39, 0.29) is 5.41 Å². The maximum Gasteiger partial charge on any atom is 0.226 e. The van der Waals surface area contributed by atoms with Crippen molar-refractivity contribution in [2.45, 2.75) is 64.3 Å². The normalized spacial score (nSPS) is 31.6. The standard InChI is InChI=1S/C14H26N2O/c1-2-14(7-3-4-8-14)13(17)16-10-11-5-6-12(15)9-11/h11-12H,2-10,15H2,1H3,(H,16,17). The summed E-state index contributed by atoms with van der Waals surface area (Å²) in [5.74, 6) is 0.919. The summed E-state index contributed by atoms with van der Waals surface area (Å²) < 4.78 is 0. The highest BCUT2D eigenvalue weighted by Crippen LogP contribution is 2.41. The summed E-state index contributed by atoms with van der Waals surface area (Å²) in [5, 5.41) is 3.18. The fourth-order valence-electron chi connectivity index (χ4n) is 3.52. The maximum absolute atomic E-state index is 12.3. The number of nitrogens with one attached hydrogen (secondary N) is 1. The second-order valence-electron chi connectivity index (χ2n) is 5.99. The number of hydrogen-bond donors (Lipinski definition) is 2. The molecule has 2 atom stereocenters. The van der Waals surface area contributed by atoms with Crippen molar-refractivity contribution in [1.29, 1.82) is 0 Å². The summed E-state index contributed by atoms with van der Waals surface area (Å²) in [5.41, 5.74) is 5.85. The zero-order valence-corrected chi connectivity index (χ0v) is 11.0. The molecular formula is C14H26N2O. The summed E-state index contributed by atoms with van der Waals surface area (Å²) in [6.45, 7) is 2.99. The third kappa shape index (κ3) is 2.82. The lowest BCUT2D eigenvalue weighted by Crippen LogP contribution is -2.40. The Bertz CT molecular complexity index is 271. The van der Waals surface area contributed by atoms with Crippen molar-refractivity contribution < 1.29 is 4.79 Å². The highest BCUT2D eigenvalue weighted by molar-refractivity contribution is 5.82. The molecule has 0 aromatic carbocycles. The average molecular weight is 238 g/mol. The number of amides is 1. The van der Waals surface area contributed by atoms with Crippen LogP contribution in [0.3, 0.4) is 0 Å². The molecule has 0 aromatic rings. The van der Waals surface area contributed by atoms with E-state index in [0.717, 1.165) is 38.6 Å². The molecule has 3 N–H and O–H groups in total. The van der Waals surface area contributed by atoms with Crippen molar-refractivity contribution in [3.05, 3.63) is 0 Å². The van der Waals surface area contributed by atoms with Gasteiger partial charge >= 0.3 is 0 Å². The van der Waals surface area contributed by atoms with Gasteiger partial charge in [-0.05, 0) is 44.4 Å². The van der Waals surface area contributed by atoms with Crippen LogP contribution in [-0.4, -0.2) is 18.5 Å². The van der Waals surface area contributed by atoms with Crippen LogP contribution in [0.2, 0.25) is 0 Å². The van der Waals surface area contributed by atoms with E-state index in [0.29, 0.717) is 17.9 Å². The van der Waals surface area contributed by atoms with Crippen LogP contribution >= 0.6 is 0 Å². The molecule has 0 heterocycles. The van der Waals surface area contributed by atoms with Crippen LogP contribution in [0.5, 0.6) is 0 Å². The van der Waals surface area contributed by atoms with Gasteiger partial charge in [0.1, 0.15) is 0 Å². The van der Waals surface area contributed by atoms with E-state index in [1.807, 2.05) is 0 Å². The molecule has 0 bridgehead atoms. The van der Waals surface area contributed by atoms with Gasteiger partial charge in [-0.1, -0.05) is 19.8 Å². The molecule has 17 heavy (non-hydrogen) atoms. The summed E-state index contributed by atoms with van der Waals surface area (Å²) in [4.78, 5) is 12.3. The number of carbonyl (C=O) groups is 1. The van der Waals surface area contributed by atoms with E-state index in [9.17, 15) is 4.79 Å². The van der Waals surface area contributed by atoms with Crippen molar-refractivity contribution in [2.24, 2.45) is 17.1 Å². The highest BCUT2D eigenvalue weighted by Gasteiger charge is 2.39. The van der Waals surface area contributed by atoms with E-state index < -0.39 is 0 Å². The van der Waals surface area contributed by atoms with Gasteiger partial charge in [0.25, 0.3) is 0 Å². The van der Waals surface area contributed by atoms with E-state index in [1.165, 1.54) is 19.3 Å². The fraction of sp³-hybridized carbons (Fsp3) is 0.929. The molecule has 0 radical (unpaired) electrons. The van der Waals surface area contributed by atoms with Crippen molar-refractivity contribution >= 4 is 5.91 Å². The summed E-state index contributed by atoms with van der Waals surface area (Å²) in [7, 11) is 0. The summed E-state index contributed by atoms with van der Waals surface area (Å²) >= 11 is 0. The van der Waals surface area contributed by atoms with Gasteiger partial charge in [-0.15, -0.1) is 0 Å². The van der Waals surface area contributed by atoms with Gasteiger partial charge in [-0.3, -0.25) is 4.79 Å². The second kappa shape index (κ2) is 5.38. The number of hydrogen-bond acceptors (Lipinski definition) is 2. The minimum atomic E-state index is -0.0410. The van der Waals surface area contributed by atoms with Gasteiger partial charge in [-0.25, -0.2) is 0 Å². The minimum Gasteiger partial charge on any atom is -0.355 e. The largest absolute Gasteiger partial charge is 0.355 e. The Balaban J connectivity index is 1.80. The maximum atomic E-state index is 12.3. The molecular weight excluding hydrogens is 212 g/mol. The molecule has 2 saturated carbocycles. The van der Waals surface area contributed by atoms with Crippen molar-refractivity contribution in [2.75, 3.05) is 6.54 Å². The average Bonchev–Trinajstić information content (AvgIpc) is 2.95. The lowest BCUT2D eigenvalue weighted by Gasteiger charge is -2.26. The Morgan fingerprint density at radius 3 is 2.59 bits per heavy atom. The van der Waals surface area contributed by atoms with E-state index in [1.54, 1.807) is 0 Å². The Kier molecular flexibility index (Phi) is 4.08. The molecule has 2 rings (SSSR count). The van der Waals surface area contributed by atoms with Gasteiger partial charge in [0, 0.05) is 18.0 Å². The van der Waals surface area contributed by atoms with Crippen molar-refractivity contribution in [3.63, 3.8) is 0 Å². The Hall–Kier alpha value is -0.570. The number of rotatable bonds is 4. The molecule has 3 heteroatoms. The van der Waals surface area contributed by atoms with E-state index in [4.69, 9.17) is 5.73 Å². The molecule has 2 fully saturated rings. The minimum absolute atomic E-state index is 0.0410. The van der Waals surface area contributed by atoms with Gasteiger partial charge < -0.3 is 11.1 Å². The predicted molar refractivity (Wildman–Crippen MR) is 69.5 cm³/mol. The SMILES string of the molecule is CCC1(C(=O)NCC2CCC(N)C2)CCCC1. The first-order valence-corrected chi connectivity index (χ1v) is 7.20. The molecule has 2 aliphatic rings. The molecule has 0 spiro atoms.